The van der Waals surface area contributed by atoms with Gasteiger partial charge >= 0.3 is 6.09 Å². The summed E-state index contributed by atoms with van der Waals surface area (Å²) in [7, 11) is 0. The molecule has 7 heteroatoms. The first-order valence-corrected chi connectivity index (χ1v) is 8.46. The minimum Gasteiger partial charge on any atom is -0.482 e. The Labute approximate surface area is 160 Å². The molecular weight excluding hydrogens is 370 g/mol. The summed E-state index contributed by atoms with van der Waals surface area (Å²) in [4.78, 5) is 23.9. The lowest BCUT2D eigenvalue weighted by atomic mass is 10.2. The number of carbonyl (C=O) groups is 1. The molecule has 0 saturated heterocycles. The molecule has 138 valence electrons. The first-order valence-electron chi connectivity index (χ1n) is 8.08. The molecule has 6 nitrogen and oxygen atoms in total. The van der Waals surface area contributed by atoms with E-state index >= 15 is 0 Å². The zero-order valence-electron chi connectivity index (χ0n) is 14.2. The van der Waals surface area contributed by atoms with Gasteiger partial charge in [0.25, 0.3) is 0 Å². The van der Waals surface area contributed by atoms with E-state index in [9.17, 15) is 9.59 Å². The Balaban J connectivity index is 1.53. The Morgan fingerprint density at radius 1 is 1.04 bits per heavy atom. The van der Waals surface area contributed by atoms with Crippen molar-refractivity contribution in [3.63, 3.8) is 0 Å². The second kappa shape index (κ2) is 8.91. The van der Waals surface area contributed by atoms with Gasteiger partial charge in [0.05, 0.1) is 0 Å². The molecule has 2 aromatic carbocycles. The van der Waals surface area contributed by atoms with Crippen LogP contribution in [-0.2, 0) is 18.0 Å². The third-order valence-corrected chi connectivity index (χ3v) is 3.74. The van der Waals surface area contributed by atoms with E-state index in [1.54, 1.807) is 24.3 Å². The maximum Gasteiger partial charge on any atom is 0.412 e. The average Bonchev–Trinajstić information content (AvgIpc) is 2.66. The second-order valence-corrected chi connectivity index (χ2v) is 6.00. The fourth-order valence-corrected chi connectivity index (χ4v) is 2.40. The Morgan fingerprint density at radius 3 is 2.59 bits per heavy atom. The normalized spacial score (nSPS) is 10.3. The van der Waals surface area contributed by atoms with E-state index in [4.69, 9.17) is 25.5 Å². The number of anilines is 1. The summed E-state index contributed by atoms with van der Waals surface area (Å²) in [5.74, 6) is 0.291. The highest BCUT2D eigenvalue weighted by Gasteiger charge is 2.09. The van der Waals surface area contributed by atoms with E-state index in [1.165, 1.54) is 12.3 Å². The molecule has 1 amide bonds. The largest absolute Gasteiger partial charge is 0.482 e. The smallest absolute Gasteiger partial charge is 0.412 e. The predicted octanol–water partition coefficient (Wildman–Crippen LogP) is 4.62. The van der Waals surface area contributed by atoms with Crippen molar-refractivity contribution in [2.24, 2.45) is 0 Å². The number of nitrogens with one attached hydrogen (secondary N) is 1. The number of carbonyl (C=O) groups excluding carboxylic acids is 1. The number of benzene rings is 2. The highest BCUT2D eigenvalue weighted by Crippen LogP contribution is 2.15. The third-order valence-electron chi connectivity index (χ3n) is 3.51. The molecule has 0 saturated carbocycles. The van der Waals surface area contributed by atoms with Crippen LogP contribution in [0.5, 0.6) is 5.75 Å². The lowest BCUT2D eigenvalue weighted by Gasteiger charge is -2.08. The average molecular weight is 386 g/mol. The molecule has 0 unspecified atom stereocenters. The number of hydrogen-bond donors (Lipinski definition) is 1. The second-order valence-electron chi connectivity index (χ2n) is 5.56. The van der Waals surface area contributed by atoms with Crippen LogP contribution >= 0.6 is 11.6 Å². The molecule has 0 radical (unpaired) electrons. The maximum absolute atomic E-state index is 12.1. The van der Waals surface area contributed by atoms with Crippen LogP contribution in [0.2, 0.25) is 5.02 Å². The van der Waals surface area contributed by atoms with Crippen molar-refractivity contribution in [1.82, 2.24) is 0 Å². The van der Waals surface area contributed by atoms with Crippen molar-refractivity contribution in [1.29, 1.82) is 0 Å². The Morgan fingerprint density at radius 2 is 1.85 bits per heavy atom. The molecule has 0 aliphatic rings. The minimum atomic E-state index is -0.690. The number of hydrogen-bond acceptors (Lipinski definition) is 5. The van der Waals surface area contributed by atoms with E-state index < -0.39 is 6.09 Å². The van der Waals surface area contributed by atoms with Gasteiger partial charge in [-0.1, -0.05) is 48.0 Å². The van der Waals surface area contributed by atoms with Crippen LogP contribution in [0.1, 0.15) is 11.3 Å². The van der Waals surface area contributed by atoms with Crippen molar-refractivity contribution in [3.05, 3.63) is 93.5 Å². The van der Waals surface area contributed by atoms with Gasteiger partial charge < -0.3 is 13.9 Å². The maximum atomic E-state index is 12.1. The molecule has 27 heavy (non-hydrogen) atoms. The summed E-state index contributed by atoms with van der Waals surface area (Å²) in [6, 6.07) is 17.3. The third kappa shape index (κ3) is 5.62. The molecule has 0 aliphatic heterocycles. The zero-order valence-corrected chi connectivity index (χ0v) is 14.9. The first kappa shape index (κ1) is 18.5. The molecule has 0 spiro atoms. The topological polar surface area (TPSA) is 77.8 Å². The van der Waals surface area contributed by atoms with Gasteiger partial charge in [0.15, 0.2) is 6.61 Å². The van der Waals surface area contributed by atoms with Crippen molar-refractivity contribution in [2.45, 2.75) is 13.2 Å². The van der Waals surface area contributed by atoms with E-state index in [0.717, 1.165) is 5.56 Å². The molecule has 0 fully saturated rings. The van der Waals surface area contributed by atoms with Crippen LogP contribution in [0.15, 0.2) is 76.1 Å². The molecule has 0 atom stereocenters. The SMILES string of the molecule is O=C(Nc1cccc(Cl)c1)OCc1cc(=O)c(OCc2ccccc2)co1. The van der Waals surface area contributed by atoms with Crippen LogP contribution in [0.4, 0.5) is 10.5 Å². The lowest BCUT2D eigenvalue weighted by Crippen LogP contribution is -2.14. The summed E-state index contributed by atoms with van der Waals surface area (Å²) < 4.78 is 15.8. The summed E-state index contributed by atoms with van der Waals surface area (Å²) in [6.45, 7) is 0.0596. The quantitative estimate of drug-likeness (QED) is 0.669. The van der Waals surface area contributed by atoms with Crippen LogP contribution in [0.3, 0.4) is 0 Å². The Kier molecular flexibility index (Phi) is 6.12. The highest BCUT2D eigenvalue weighted by atomic mass is 35.5. The molecule has 3 rings (SSSR count). The van der Waals surface area contributed by atoms with Gasteiger partial charge in [0, 0.05) is 16.8 Å². The van der Waals surface area contributed by atoms with Gasteiger partial charge in [0.2, 0.25) is 11.2 Å². The molecule has 0 bridgehead atoms. The molecule has 0 aliphatic carbocycles. The Hall–Kier alpha value is -3.25. The van der Waals surface area contributed by atoms with Crippen molar-refractivity contribution >= 4 is 23.4 Å². The Bertz CT molecular complexity index is 971. The van der Waals surface area contributed by atoms with E-state index in [1.807, 2.05) is 30.3 Å². The lowest BCUT2D eigenvalue weighted by molar-refractivity contribution is 0.144. The summed E-state index contributed by atoms with van der Waals surface area (Å²) in [5.41, 5.74) is 1.08. The highest BCUT2D eigenvalue weighted by molar-refractivity contribution is 6.30. The summed E-state index contributed by atoms with van der Waals surface area (Å²) in [6.07, 6.45) is 0.517. The molecule has 1 heterocycles. The predicted molar refractivity (Wildman–Crippen MR) is 101 cm³/mol. The standard InChI is InChI=1S/C20H16ClNO5/c21-15-7-4-8-16(9-15)22-20(24)27-12-17-10-18(23)19(13-25-17)26-11-14-5-2-1-3-6-14/h1-10,13H,11-12H2,(H,22,24). The zero-order chi connectivity index (χ0) is 19.1. The fourth-order valence-electron chi connectivity index (χ4n) is 2.21. The number of amides is 1. The number of ether oxygens (including phenoxy) is 2. The summed E-state index contributed by atoms with van der Waals surface area (Å²) >= 11 is 5.84. The van der Waals surface area contributed by atoms with Gasteiger partial charge in [-0.2, -0.15) is 0 Å². The van der Waals surface area contributed by atoms with Crippen LogP contribution in [-0.4, -0.2) is 6.09 Å². The molecular formula is C20H16ClNO5. The van der Waals surface area contributed by atoms with Crippen LogP contribution in [0.25, 0.3) is 0 Å². The summed E-state index contributed by atoms with van der Waals surface area (Å²) in [5, 5.41) is 3.02. The monoisotopic (exact) mass is 385 g/mol. The van der Waals surface area contributed by atoms with Gasteiger partial charge in [-0.15, -0.1) is 0 Å². The van der Waals surface area contributed by atoms with Gasteiger partial charge in [-0.25, -0.2) is 4.79 Å². The van der Waals surface area contributed by atoms with Gasteiger partial charge in [-0.05, 0) is 23.8 Å². The van der Waals surface area contributed by atoms with Gasteiger partial charge in [0.1, 0.15) is 18.6 Å². The van der Waals surface area contributed by atoms with Crippen molar-refractivity contribution in [3.8, 4) is 5.75 Å². The minimum absolute atomic E-state index is 0.0889. The molecule has 3 aromatic rings. The van der Waals surface area contributed by atoms with Crippen molar-refractivity contribution in [2.75, 3.05) is 5.32 Å². The first-order chi connectivity index (χ1) is 13.1. The van der Waals surface area contributed by atoms with Crippen LogP contribution < -0.4 is 15.5 Å². The number of halogens is 1. The van der Waals surface area contributed by atoms with Gasteiger partial charge in [-0.3, -0.25) is 10.1 Å². The fraction of sp³-hybridized carbons (Fsp3) is 0.100. The van der Waals surface area contributed by atoms with E-state index in [-0.39, 0.29) is 30.2 Å². The van der Waals surface area contributed by atoms with Crippen LogP contribution in [0, 0.1) is 0 Å². The molecule has 1 aromatic heterocycles. The molecule has 1 N–H and O–H groups in total. The van der Waals surface area contributed by atoms with Crippen molar-refractivity contribution < 1.29 is 18.7 Å². The van der Waals surface area contributed by atoms with E-state index in [2.05, 4.69) is 5.32 Å². The van der Waals surface area contributed by atoms with E-state index in [0.29, 0.717) is 10.7 Å². The number of rotatable bonds is 6.